The minimum Gasteiger partial charge on any atom is -0.493 e. The fraction of sp³-hybridized carbons (Fsp3) is 0.214. The summed E-state index contributed by atoms with van der Waals surface area (Å²) < 4.78 is 15.6. The number of esters is 1. The number of imide groups is 1. The van der Waals surface area contributed by atoms with Crippen LogP contribution in [0.15, 0.2) is 54.6 Å². The van der Waals surface area contributed by atoms with Gasteiger partial charge < -0.3 is 19.5 Å². The summed E-state index contributed by atoms with van der Waals surface area (Å²) in [7, 11) is 3.05. The van der Waals surface area contributed by atoms with Crippen LogP contribution in [-0.2, 0) is 16.1 Å². The maximum atomic E-state index is 13.1. The molecule has 1 aliphatic rings. The van der Waals surface area contributed by atoms with Crippen molar-refractivity contribution in [3.63, 3.8) is 0 Å². The van der Waals surface area contributed by atoms with Crippen LogP contribution in [0.25, 0.3) is 0 Å². The summed E-state index contributed by atoms with van der Waals surface area (Å²) in [4.78, 5) is 52.0. The molecule has 0 saturated heterocycles. The van der Waals surface area contributed by atoms with E-state index in [0.29, 0.717) is 17.2 Å². The summed E-state index contributed by atoms with van der Waals surface area (Å²) in [5.74, 6) is -1.16. The molecule has 0 bridgehead atoms. The van der Waals surface area contributed by atoms with E-state index in [-0.39, 0.29) is 23.2 Å². The van der Waals surface area contributed by atoms with Crippen LogP contribution in [0.4, 0.5) is 5.69 Å². The Labute approximate surface area is 213 Å². The van der Waals surface area contributed by atoms with Crippen molar-refractivity contribution in [3.8, 4) is 11.5 Å². The Morgan fingerprint density at radius 2 is 1.57 bits per heavy atom. The minimum absolute atomic E-state index is 0.0652. The Hall–Kier alpha value is -4.66. The maximum Gasteiger partial charge on any atom is 0.338 e. The number of ether oxygens (including phenoxy) is 3. The number of rotatable bonds is 8. The first-order valence-electron chi connectivity index (χ1n) is 11.5. The van der Waals surface area contributed by atoms with Gasteiger partial charge in [-0.3, -0.25) is 14.4 Å². The molecular formula is C28H26N2O7. The summed E-state index contributed by atoms with van der Waals surface area (Å²) in [5, 5.41) is 2.66. The van der Waals surface area contributed by atoms with E-state index in [1.165, 1.54) is 32.4 Å². The van der Waals surface area contributed by atoms with Crippen molar-refractivity contribution in [2.24, 2.45) is 0 Å². The molecule has 3 aromatic carbocycles. The summed E-state index contributed by atoms with van der Waals surface area (Å²) in [6.07, 6.45) is 0. The first-order chi connectivity index (χ1) is 17.7. The van der Waals surface area contributed by atoms with Gasteiger partial charge in [0.25, 0.3) is 17.7 Å². The number of benzene rings is 3. The van der Waals surface area contributed by atoms with E-state index in [1.54, 1.807) is 24.3 Å². The van der Waals surface area contributed by atoms with Gasteiger partial charge in [0.1, 0.15) is 0 Å². The second-order valence-electron chi connectivity index (χ2n) is 8.54. The van der Waals surface area contributed by atoms with Crippen molar-refractivity contribution in [2.45, 2.75) is 20.4 Å². The predicted molar refractivity (Wildman–Crippen MR) is 135 cm³/mol. The Morgan fingerprint density at radius 1 is 0.838 bits per heavy atom. The highest BCUT2D eigenvalue weighted by molar-refractivity contribution is 6.35. The highest BCUT2D eigenvalue weighted by atomic mass is 16.5. The number of carbonyl (C=O) groups is 4. The molecule has 3 aromatic rings. The molecule has 37 heavy (non-hydrogen) atoms. The second kappa shape index (κ2) is 10.5. The van der Waals surface area contributed by atoms with Gasteiger partial charge in [0.15, 0.2) is 18.1 Å². The smallest absolute Gasteiger partial charge is 0.338 e. The van der Waals surface area contributed by atoms with Gasteiger partial charge in [0, 0.05) is 6.54 Å². The zero-order chi connectivity index (χ0) is 26.7. The van der Waals surface area contributed by atoms with Gasteiger partial charge in [-0.15, -0.1) is 0 Å². The number of methoxy groups -OCH3 is 2. The molecule has 0 spiro atoms. The molecule has 0 fully saturated rings. The average Bonchev–Trinajstić information content (AvgIpc) is 3.16. The number of amides is 3. The molecule has 1 heterocycles. The molecule has 1 N–H and O–H groups in total. The maximum absolute atomic E-state index is 13.1. The van der Waals surface area contributed by atoms with E-state index in [9.17, 15) is 19.2 Å². The highest BCUT2D eigenvalue weighted by Gasteiger charge is 2.38. The van der Waals surface area contributed by atoms with Crippen LogP contribution in [-0.4, -0.2) is 44.5 Å². The molecular weight excluding hydrogens is 476 g/mol. The van der Waals surface area contributed by atoms with Crippen LogP contribution in [0, 0.1) is 13.8 Å². The molecule has 1 aliphatic heterocycles. The molecule has 0 aromatic heterocycles. The fourth-order valence-electron chi connectivity index (χ4n) is 4.00. The highest BCUT2D eigenvalue weighted by Crippen LogP contribution is 2.32. The molecule has 0 aliphatic carbocycles. The summed E-state index contributed by atoms with van der Waals surface area (Å²) in [5.41, 5.74) is 3.34. The van der Waals surface area contributed by atoms with E-state index >= 15 is 0 Å². The predicted octanol–water partition coefficient (Wildman–Crippen LogP) is 3.59. The summed E-state index contributed by atoms with van der Waals surface area (Å²) in [6.45, 7) is 3.38. The zero-order valence-corrected chi connectivity index (χ0v) is 20.9. The number of carbonyl (C=O) groups excluding carboxylic acids is 4. The van der Waals surface area contributed by atoms with Crippen LogP contribution in [0.1, 0.15) is 47.8 Å². The van der Waals surface area contributed by atoms with Gasteiger partial charge in [-0.05, 0) is 66.9 Å². The molecule has 0 atom stereocenters. The Balaban J connectivity index is 1.39. The molecule has 0 unspecified atom stereocenters. The largest absolute Gasteiger partial charge is 0.493 e. The lowest BCUT2D eigenvalue weighted by Crippen LogP contribution is -2.30. The molecule has 3 amide bonds. The van der Waals surface area contributed by atoms with Gasteiger partial charge in [0.05, 0.1) is 36.6 Å². The minimum atomic E-state index is -0.783. The third-order valence-corrected chi connectivity index (χ3v) is 6.00. The Bertz CT molecular complexity index is 1410. The molecule has 4 rings (SSSR count). The van der Waals surface area contributed by atoms with Crippen LogP contribution < -0.4 is 19.7 Å². The lowest BCUT2D eigenvalue weighted by atomic mass is 10.1. The van der Waals surface area contributed by atoms with Crippen LogP contribution in [0.2, 0.25) is 0 Å². The Kier molecular flexibility index (Phi) is 7.24. The SMILES string of the molecule is COc1ccc(CNC(=O)COC(=O)c2ccc3c(c2)C(=O)N(c2cc(C)ccc2C)C3=O)cc1OC. The molecule has 190 valence electrons. The monoisotopic (exact) mass is 502 g/mol. The number of hydrogen-bond acceptors (Lipinski definition) is 7. The van der Waals surface area contributed by atoms with E-state index in [0.717, 1.165) is 21.6 Å². The van der Waals surface area contributed by atoms with Crippen molar-refractivity contribution < 1.29 is 33.4 Å². The van der Waals surface area contributed by atoms with E-state index in [2.05, 4.69) is 5.32 Å². The third kappa shape index (κ3) is 5.16. The van der Waals surface area contributed by atoms with Crippen LogP contribution in [0.5, 0.6) is 11.5 Å². The number of nitrogens with one attached hydrogen (secondary N) is 1. The van der Waals surface area contributed by atoms with Gasteiger partial charge >= 0.3 is 5.97 Å². The van der Waals surface area contributed by atoms with Gasteiger partial charge in [0.2, 0.25) is 0 Å². The van der Waals surface area contributed by atoms with Gasteiger partial charge in [-0.1, -0.05) is 18.2 Å². The summed E-state index contributed by atoms with van der Waals surface area (Å²) in [6, 6.07) is 14.9. The second-order valence-corrected chi connectivity index (χ2v) is 8.54. The van der Waals surface area contributed by atoms with E-state index in [1.807, 2.05) is 26.0 Å². The van der Waals surface area contributed by atoms with Gasteiger partial charge in [-0.25, -0.2) is 9.69 Å². The third-order valence-electron chi connectivity index (χ3n) is 6.00. The first kappa shape index (κ1) is 25.4. The number of anilines is 1. The topological polar surface area (TPSA) is 111 Å². The molecule has 0 radical (unpaired) electrons. The van der Waals surface area contributed by atoms with Crippen molar-refractivity contribution >= 4 is 29.4 Å². The number of hydrogen-bond donors (Lipinski definition) is 1. The quantitative estimate of drug-likeness (QED) is 0.370. The van der Waals surface area contributed by atoms with Crippen LogP contribution >= 0.6 is 0 Å². The summed E-state index contributed by atoms with van der Waals surface area (Å²) >= 11 is 0. The number of fused-ring (bicyclic) bond motifs is 1. The first-order valence-corrected chi connectivity index (χ1v) is 11.5. The number of aryl methyl sites for hydroxylation is 2. The average molecular weight is 503 g/mol. The van der Waals surface area contributed by atoms with Gasteiger partial charge in [-0.2, -0.15) is 0 Å². The molecule has 9 heteroatoms. The zero-order valence-electron chi connectivity index (χ0n) is 20.9. The van der Waals surface area contributed by atoms with Crippen molar-refractivity contribution in [2.75, 3.05) is 25.7 Å². The van der Waals surface area contributed by atoms with Crippen LogP contribution in [0.3, 0.4) is 0 Å². The van der Waals surface area contributed by atoms with Crippen molar-refractivity contribution in [1.82, 2.24) is 5.32 Å². The lowest BCUT2D eigenvalue weighted by Gasteiger charge is -2.17. The molecule has 9 nitrogen and oxygen atoms in total. The number of nitrogens with zero attached hydrogens (tertiary/aromatic N) is 1. The van der Waals surface area contributed by atoms with E-state index < -0.39 is 30.3 Å². The fourth-order valence-corrected chi connectivity index (χ4v) is 4.00. The molecule has 0 saturated carbocycles. The van der Waals surface area contributed by atoms with Crippen molar-refractivity contribution in [3.05, 3.63) is 88.0 Å². The normalized spacial score (nSPS) is 12.3. The van der Waals surface area contributed by atoms with E-state index in [4.69, 9.17) is 14.2 Å². The Morgan fingerprint density at radius 3 is 2.30 bits per heavy atom. The van der Waals surface area contributed by atoms with Crippen molar-refractivity contribution in [1.29, 1.82) is 0 Å². The standard InChI is InChI=1S/C28H26N2O7/c1-16-5-6-17(2)22(11-16)30-26(32)20-9-8-19(13-21(20)27(30)33)28(34)37-15-25(31)29-14-18-7-10-23(35-3)24(12-18)36-4/h5-13H,14-15H2,1-4H3,(H,29,31). The lowest BCUT2D eigenvalue weighted by molar-refractivity contribution is -0.124.